The zero-order chi connectivity index (χ0) is 29.6. The van der Waals surface area contributed by atoms with Gasteiger partial charge in [0, 0.05) is 44.2 Å². The summed E-state index contributed by atoms with van der Waals surface area (Å²) < 4.78 is 11.3. The smallest absolute Gasteiger partial charge is 0.305 e. The highest BCUT2D eigenvalue weighted by atomic mass is 16.5. The molecule has 2 aliphatic heterocycles. The average molecular weight is 585 g/mol. The Morgan fingerprint density at radius 1 is 0.714 bits per heavy atom. The molecule has 0 spiro atoms. The Morgan fingerprint density at radius 3 is 2.02 bits per heavy atom. The van der Waals surface area contributed by atoms with E-state index in [0.29, 0.717) is 93.9 Å². The minimum absolute atomic E-state index is 0.159. The van der Waals surface area contributed by atoms with Crippen LogP contribution in [0.1, 0.15) is 77.0 Å². The van der Waals surface area contributed by atoms with Gasteiger partial charge in [-0.2, -0.15) is 0 Å². The number of amides is 3. The summed E-state index contributed by atoms with van der Waals surface area (Å²) in [5.74, 6) is 2.43. The predicted octanol–water partition coefficient (Wildman–Crippen LogP) is 3.13. The van der Waals surface area contributed by atoms with Crippen molar-refractivity contribution in [1.29, 1.82) is 0 Å². The molecule has 2 bridgehead atoms. The summed E-state index contributed by atoms with van der Waals surface area (Å²) in [5.41, 5.74) is 0. The number of rotatable bonds is 16. The molecule has 0 saturated heterocycles. The lowest BCUT2D eigenvalue weighted by molar-refractivity contribution is -0.146. The molecule has 1 N–H and O–H groups in total. The zero-order valence-electron chi connectivity index (χ0n) is 24.4. The predicted molar refractivity (Wildman–Crippen MR) is 151 cm³/mol. The Balaban J connectivity index is 0.906. The molecule has 10 nitrogen and oxygen atoms in total. The summed E-state index contributed by atoms with van der Waals surface area (Å²) in [5, 5.41) is 9.73. The normalized spacial score (nSPS) is 31.1. The molecule has 42 heavy (non-hydrogen) atoms. The Kier molecular flexibility index (Phi) is 10.1. The monoisotopic (exact) mass is 584 g/mol. The standard InChI is InChI=1S/C32H44N2O8/c35-27-9-10-28(36)33(27)13-5-1-3-7-31(39)41-19-21-15-24-22-17-23(25(18-22)26(24)16-21)20-42-32(40)8-4-2-6-14-34-29(37)11-12-30(34)38/h9-12,21-27,35H,1-8,13-20H2. The lowest BCUT2D eigenvalue weighted by Gasteiger charge is -2.31. The average Bonchev–Trinajstić information content (AvgIpc) is 3.77. The van der Waals surface area contributed by atoms with Crippen molar-refractivity contribution in [3.63, 3.8) is 0 Å². The highest BCUT2D eigenvalue weighted by Crippen LogP contribution is 2.62. The van der Waals surface area contributed by atoms with Crippen LogP contribution in [0.3, 0.4) is 0 Å². The van der Waals surface area contributed by atoms with Gasteiger partial charge in [-0.1, -0.05) is 12.8 Å². The molecule has 5 aliphatic rings. The maximum atomic E-state index is 12.3. The molecule has 2 heterocycles. The van der Waals surface area contributed by atoms with Gasteiger partial charge in [-0.25, -0.2) is 0 Å². The highest BCUT2D eigenvalue weighted by molar-refractivity contribution is 6.12. The van der Waals surface area contributed by atoms with Crippen LogP contribution in [0, 0.1) is 35.5 Å². The second-order valence-corrected chi connectivity index (χ2v) is 12.8. The van der Waals surface area contributed by atoms with E-state index >= 15 is 0 Å². The number of esters is 2. The van der Waals surface area contributed by atoms with E-state index in [-0.39, 0.29) is 29.7 Å². The molecular formula is C32H44N2O8. The molecule has 0 aromatic heterocycles. The molecule has 0 radical (unpaired) electrons. The van der Waals surface area contributed by atoms with Gasteiger partial charge in [-0.3, -0.25) is 28.9 Å². The molecule has 5 rings (SSSR count). The number of fused-ring (bicyclic) bond motifs is 5. The topological polar surface area (TPSA) is 131 Å². The van der Waals surface area contributed by atoms with Crippen LogP contribution in [0.5, 0.6) is 0 Å². The van der Waals surface area contributed by atoms with Crippen molar-refractivity contribution < 1.29 is 38.6 Å². The molecular weight excluding hydrogens is 540 g/mol. The summed E-state index contributed by atoms with van der Waals surface area (Å²) in [6.45, 7) is 1.86. The molecule has 0 aromatic rings. The van der Waals surface area contributed by atoms with E-state index in [1.807, 2.05) is 0 Å². The quantitative estimate of drug-likeness (QED) is 0.166. The van der Waals surface area contributed by atoms with Crippen molar-refractivity contribution >= 4 is 29.7 Å². The van der Waals surface area contributed by atoms with E-state index in [0.717, 1.165) is 38.5 Å². The molecule has 3 saturated carbocycles. The second-order valence-electron chi connectivity index (χ2n) is 12.8. The Bertz CT molecular complexity index is 1080. The van der Waals surface area contributed by atoms with E-state index in [2.05, 4.69) is 0 Å². The van der Waals surface area contributed by atoms with Crippen LogP contribution in [0.4, 0.5) is 0 Å². The van der Waals surface area contributed by atoms with Gasteiger partial charge in [0.2, 0.25) is 5.91 Å². The van der Waals surface area contributed by atoms with Crippen LogP contribution in [-0.2, 0) is 33.4 Å². The van der Waals surface area contributed by atoms with Gasteiger partial charge in [0.05, 0.1) is 13.2 Å². The van der Waals surface area contributed by atoms with Crippen LogP contribution < -0.4 is 0 Å². The number of aliphatic hydroxyl groups excluding tert-OH is 1. The zero-order valence-corrected chi connectivity index (χ0v) is 24.4. The summed E-state index contributed by atoms with van der Waals surface area (Å²) >= 11 is 0. The third-order valence-electron chi connectivity index (χ3n) is 10.1. The number of ether oxygens (including phenoxy) is 2. The van der Waals surface area contributed by atoms with Crippen molar-refractivity contribution in [2.75, 3.05) is 26.3 Å². The van der Waals surface area contributed by atoms with E-state index in [4.69, 9.17) is 9.47 Å². The Hall–Kier alpha value is -3.01. The first-order valence-electron chi connectivity index (χ1n) is 15.8. The maximum absolute atomic E-state index is 12.3. The largest absolute Gasteiger partial charge is 0.465 e. The molecule has 3 amide bonds. The molecule has 3 aliphatic carbocycles. The fraction of sp³-hybridized carbons (Fsp3) is 0.719. The number of carbonyl (C=O) groups excluding carboxylic acids is 5. The summed E-state index contributed by atoms with van der Waals surface area (Å²) in [7, 11) is 0. The summed E-state index contributed by atoms with van der Waals surface area (Å²) in [4.78, 5) is 62.1. The van der Waals surface area contributed by atoms with Gasteiger partial charge < -0.3 is 19.5 Å². The SMILES string of the molecule is O=C(CCCCCN1C(=O)C=CC1O)OCC1CC2C3CC(COC(=O)CCCCCN4C(=O)C=CC4=O)C(C3)C2C1. The van der Waals surface area contributed by atoms with Gasteiger partial charge >= 0.3 is 11.9 Å². The number of hydrogen-bond donors (Lipinski definition) is 1. The van der Waals surface area contributed by atoms with Gasteiger partial charge in [-0.15, -0.1) is 0 Å². The number of aliphatic hydroxyl groups is 1. The van der Waals surface area contributed by atoms with Gasteiger partial charge in [0.15, 0.2) is 0 Å². The first-order chi connectivity index (χ1) is 20.3. The van der Waals surface area contributed by atoms with Crippen LogP contribution >= 0.6 is 0 Å². The lowest BCUT2D eigenvalue weighted by atomic mass is 9.76. The number of nitrogens with zero attached hydrogens (tertiary/aromatic N) is 2. The van der Waals surface area contributed by atoms with E-state index < -0.39 is 6.23 Å². The first kappa shape index (κ1) is 30.4. The van der Waals surface area contributed by atoms with Crippen molar-refractivity contribution in [1.82, 2.24) is 9.80 Å². The minimum Gasteiger partial charge on any atom is -0.465 e. The van der Waals surface area contributed by atoms with Crippen molar-refractivity contribution in [3.8, 4) is 0 Å². The number of imide groups is 1. The van der Waals surface area contributed by atoms with Gasteiger partial charge in [-0.05, 0) is 93.0 Å². The number of unbranched alkanes of at least 4 members (excludes halogenated alkanes) is 4. The fourth-order valence-corrected chi connectivity index (χ4v) is 8.05. The summed E-state index contributed by atoms with van der Waals surface area (Å²) in [6.07, 6.45) is 14.3. The van der Waals surface area contributed by atoms with Crippen LogP contribution in [-0.4, -0.2) is 77.1 Å². The Labute approximate surface area is 247 Å². The second kappa shape index (κ2) is 14.0. The third kappa shape index (κ3) is 7.30. The molecule has 7 atom stereocenters. The van der Waals surface area contributed by atoms with Crippen LogP contribution in [0.25, 0.3) is 0 Å². The summed E-state index contributed by atoms with van der Waals surface area (Å²) in [6, 6.07) is 0. The molecule has 230 valence electrons. The molecule has 0 aromatic carbocycles. The minimum atomic E-state index is -0.831. The molecule has 7 unspecified atom stereocenters. The van der Waals surface area contributed by atoms with E-state index in [1.54, 1.807) is 0 Å². The van der Waals surface area contributed by atoms with Gasteiger partial charge in [0.25, 0.3) is 11.8 Å². The van der Waals surface area contributed by atoms with Gasteiger partial charge in [0.1, 0.15) is 6.23 Å². The van der Waals surface area contributed by atoms with Crippen LogP contribution in [0.15, 0.2) is 24.3 Å². The van der Waals surface area contributed by atoms with E-state index in [9.17, 15) is 29.1 Å². The Morgan fingerprint density at radius 2 is 1.36 bits per heavy atom. The number of hydrogen-bond acceptors (Lipinski definition) is 8. The van der Waals surface area contributed by atoms with Crippen LogP contribution in [0.2, 0.25) is 0 Å². The number of carbonyl (C=O) groups is 5. The highest BCUT2D eigenvalue weighted by Gasteiger charge is 2.56. The fourth-order valence-electron chi connectivity index (χ4n) is 8.05. The first-order valence-corrected chi connectivity index (χ1v) is 15.8. The van der Waals surface area contributed by atoms with Crippen molar-refractivity contribution in [2.24, 2.45) is 35.5 Å². The molecule has 10 heteroatoms. The lowest BCUT2D eigenvalue weighted by Crippen LogP contribution is -2.34. The van der Waals surface area contributed by atoms with Crippen molar-refractivity contribution in [2.45, 2.75) is 83.3 Å². The van der Waals surface area contributed by atoms with Crippen molar-refractivity contribution in [3.05, 3.63) is 24.3 Å². The van der Waals surface area contributed by atoms with E-state index in [1.165, 1.54) is 40.5 Å². The maximum Gasteiger partial charge on any atom is 0.305 e. The third-order valence-corrected chi connectivity index (χ3v) is 10.1. The molecule has 3 fully saturated rings.